The van der Waals surface area contributed by atoms with Crippen molar-refractivity contribution in [2.75, 3.05) is 40.8 Å². The molecular formula is C18H35N3O2. The minimum Gasteiger partial charge on any atom is -0.388 e. The van der Waals surface area contributed by atoms with Gasteiger partial charge in [-0.2, -0.15) is 0 Å². The highest BCUT2D eigenvalue weighted by atomic mass is 16.3. The van der Waals surface area contributed by atoms with Crippen molar-refractivity contribution in [1.82, 2.24) is 14.7 Å². The summed E-state index contributed by atoms with van der Waals surface area (Å²) in [5.74, 6) is 0.227. The summed E-state index contributed by atoms with van der Waals surface area (Å²) < 4.78 is 0. The van der Waals surface area contributed by atoms with Crippen LogP contribution in [0.3, 0.4) is 0 Å². The lowest BCUT2D eigenvalue weighted by Gasteiger charge is -2.42. The second kappa shape index (κ2) is 7.95. The van der Waals surface area contributed by atoms with E-state index in [1.165, 1.54) is 32.1 Å². The maximum Gasteiger partial charge on any atom is 0.239 e. The highest BCUT2D eigenvalue weighted by Crippen LogP contribution is 2.26. The van der Waals surface area contributed by atoms with Crippen LogP contribution in [0.1, 0.15) is 51.9 Å². The van der Waals surface area contributed by atoms with Gasteiger partial charge in [0, 0.05) is 25.7 Å². The molecule has 5 nitrogen and oxygen atoms in total. The molecule has 1 aliphatic carbocycles. The zero-order valence-corrected chi connectivity index (χ0v) is 15.4. The number of hydrogen-bond acceptors (Lipinski definition) is 4. The van der Waals surface area contributed by atoms with E-state index in [2.05, 4.69) is 11.9 Å². The van der Waals surface area contributed by atoms with E-state index in [0.717, 1.165) is 0 Å². The molecule has 1 N–H and O–H groups in total. The molecule has 0 unspecified atom stereocenters. The molecule has 134 valence electrons. The molecule has 1 amide bonds. The van der Waals surface area contributed by atoms with Gasteiger partial charge in [0.1, 0.15) is 0 Å². The van der Waals surface area contributed by atoms with Crippen LogP contribution in [-0.4, -0.2) is 84.2 Å². The molecule has 5 heteroatoms. The average molecular weight is 325 g/mol. The molecule has 0 aromatic carbocycles. The van der Waals surface area contributed by atoms with Crippen LogP contribution in [0, 0.1) is 0 Å². The summed E-state index contributed by atoms with van der Waals surface area (Å²) in [7, 11) is 6.07. The average Bonchev–Trinajstić information content (AvgIpc) is 2.53. The van der Waals surface area contributed by atoms with Gasteiger partial charge in [0.15, 0.2) is 0 Å². The molecule has 23 heavy (non-hydrogen) atoms. The Bertz CT molecular complexity index is 386. The topological polar surface area (TPSA) is 47.0 Å². The Labute approximate surface area is 141 Å². The van der Waals surface area contributed by atoms with Crippen LogP contribution in [-0.2, 0) is 4.79 Å². The van der Waals surface area contributed by atoms with Crippen LogP contribution in [0.4, 0.5) is 0 Å². The summed E-state index contributed by atoms with van der Waals surface area (Å²) in [5, 5.41) is 10.6. The third-order valence-electron chi connectivity index (χ3n) is 5.74. The Morgan fingerprint density at radius 2 is 1.74 bits per heavy atom. The maximum atomic E-state index is 12.8. The number of nitrogens with zero attached hydrogens (tertiary/aromatic N) is 3. The zero-order valence-electron chi connectivity index (χ0n) is 15.4. The van der Waals surface area contributed by atoms with E-state index in [4.69, 9.17) is 0 Å². The van der Waals surface area contributed by atoms with Crippen molar-refractivity contribution in [3.63, 3.8) is 0 Å². The zero-order chi connectivity index (χ0) is 17.0. The van der Waals surface area contributed by atoms with Crippen LogP contribution in [0.5, 0.6) is 0 Å². The minimum atomic E-state index is -0.640. The van der Waals surface area contributed by atoms with Gasteiger partial charge in [-0.25, -0.2) is 0 Å². The fourth-order valence-corrected chi connectivity index (χ4v) is 4.13. The van der Waals surface area contributed by atoms with Crippen LogP contribution in [0.25, 0.3) is 0 Å². The predicted octanol–water partition coefficient (Wildman–Crippen LogP) is 1.55. The number of amides is 1. The summed E-state index contributed by atoms with van der Waals surface area (Å²) in [6.07, 6.45) is 7.71. The lowest BCUT2D eigenvalue weighted by Crippen LogP contribution is -2.55. The van der Waals surface area contributed by atoms with Gasteiger partial charge in [-0.3, -0.25) is 9.69 Å². The lowest BCUT2D eigenvalue weighted by atomic mass is 9.90. The first-order chi connectivity index (χ1) is 10.8. The van der Waals surface area contributed by atoms with Crippen molar-refractivity contribution >= 4 is 5.91 Å². The van der Waals surface area contributed by atoms with Gasteiger partial charge in [-0.15, -0.1) is 0 Å². The highest BCUT2D eigenvalue weighted by Gasteiger charge is 2.36. The molecule has 1 atom stereocenters. The fourth-order valence-electron chi connectivity index (χ4n) is 4.13. The molecule has 1 saturated heterocycles. The molecule has 2 fully saturated rings. The van der Waals surface area contributed by atoms with Crippen molar-refractivity contribution in [1.29, 1.82) is 0 Å². The van der Waals surface area contributed by atoms with Crippen LogP contribution >= 0.6 is 0 Å². The summed E-state index contributed by atoms with van der Waals surface area (Å²) in [4.78, 5) is 19.1. The molecule has 2 aliphatic rings. The second-order valence-corrected chi connectivity index (χ2v) is 7.92. The van der Waals surface area contributed by atoms with Crippen molar-refractivity contribution in [2.24, 2.45) is 0 Å². The Kier molecular flexibility index (Phi) is 6.46. The fraction of sp³-hybridized carbons (Fsp3) is 0.944. The molecule has 1 saturated carbocycles. The Hall–Kier alpha value is -0.650. The van der Waals surface area contributed by atoms with Gasteiger partial charge in [0.2, 0.25) is 5.91 Å². The molecule has 2 rings (SSSR count). The first kappa shape index (κ1) is 18.7. The van der Waals surface area contributed by atoms with Gasteiger partial charge >= 0.3 is 0 Å². The van der Waals surface area contributed by atoms with Gasteiger partial charge in [-0.05, 0) is 53.8 Å². The van der Waals surface area contributed by atoms with E-state index in [9.17, 15) is 9.90 Å². The second-order valence-electron chi connectivity index (χ2n) is 7.92. The third-order valence-corrected chi connectivity index (χ3v) is 5.74. The van der Waals surface area contributed by atoms with Crippen LogP contribution in [0.2, 0.25) is 0 Å². The first-order valence-corrected chi connectivity index (χ1v) is 9.20. The number of likely N-dealkylation sites (tertiary alicyclic amines) is 1. The highest BCUT2D eigenvalue weighted by molar-refractivity contribution is 5.81. The molecule has 1 aliphatic heterocycles. The van der Waals surface area contributed by atoms with Crippen LogP contribution < -0.4 is 0 Å². The standard InChI is InChI=1S/C18H35N3O2/c1-15(20(4)16-8-6-5-7-9-16)17(22)21-12-10-18(23,11-13-21)14-19(2)3/h15-16,23H,5-14H2,1-4H3/t15-/m0/s1. The Morgan fingerprint density at radius 1 is 1.17 bits per heavy atom. The number of carbonyl (C=O) groups excluding carboxylic acids is 1. The lowest BCUT2D eigenvalue weighted by molar-refractivity contribution is -0.141. The molecule has 0 bridgehead atoms. The quantitative estimate of drug-likeness (QED) is 0.833. The Morgan fingerprint density at radius 3 is 2.26 bits per heavy atom. The number of rotatable bonds is 5. The van der Waals surface area contributed by atoms with Crippen molar-refractivity contribution in [3.05, 3.63) is 0 Å². The Balaban J connectivity index is 1.86. The first-order valence-electron chi connectivity index (χ1n) is 9.20. The van der Waals surface area contributed by atoms with Gasteiger partial charge in [0.25, 0.3) is 0 Å². The van der Waals surface area contributed by atoms with E-state index in [-0.39, 0.29) is 11.9 Å². The van der Waals surface area contributed by atoms with Gasteiger partial charge < -0.3 is 14.9 Å². The minimum absolute atomic E-state index is 0.0573. The summed E-state index contributed by atoms with van der Waals surface area (Å²) >= 11 is 0. The van der Waals surface area contributed by atoms with E-state index in [0.29, 0.717) is 38.5 Å². The third kappa shape index (κ3) is 4.91. The summed E-state index contributed by atoms with van der Waals surface area (Å²) in [6, 6.07) is 0.497. The monoisotopic (exact) mass is 325 g/mol. The number of aliphatic hydroxyl groups is 1. The molecule has 0 aromatic rings. The predicted molar refractivity (Wildman–Crippen MR) is 93.4 cm³/mol. The van der Waals surface area contributed by atoms with E-state index in [1.54, 1.807) is 0 Å². The van der Waals surface area contributed by atoms with Gasteiger partial charge in [-0.1, -0.05) is 19.3 Å². The number of carbonyl (C=O) groups is 1. The molecular weight excluding hydrogens is 290 g/mol. The van der Waals surface area contributed by atoms with Crippen LogP contribution in [0.15, 0.2) is 0 Å². The van der Waals surface area contributed by atoms with Crippen molar-refractivity contribution < 1.29 is 9.90 Å². The largest absolute Gasteiger partial charge is 0.388 e. The molecule has 0 spiro atoms. The molecule has 1 heterocycles. The number of likely N-dealkylation sites (N-methyl/N-ethyl adjacent to an activating group) is 2. The van der Waals surface area contributed by atoms with Crippen molar-refractivity contribution in [3.8, 4) is 0 Å². The van der Waals surface area contributed by atoms with E-state index < -0.39 is 5.60 Å². The molecule has 0 radical (unpaired) electrons. The number of piperidine rings is 1. The summed E-state index contributed by atoms with van der Waals surface area (Å²) in [5.41, 5.74) is -0.640. The molecule has 0 aromatic heterocycles. The van der Waals surface area contributed by atoms with E-state index >= 15 is 0 Å². The normalized spacial score (nSPS) is 24.2. The SMILES string of the molecule is C[C@@H](C(=O)N1CCC(O)(CN(C)C)CC1)N(C)C1CCCCC1. The maximum absolute atomic E-state index is 12.8. The van der Waals surface area contributed by atoms with Gasteiger partial charge in [0.05, 0.1) is 11.6 Å². The summed E-state index contributed by atoms with van der Waals surface area (Å²) in [6.45, 7) is 4.06. The number of hydrogen-bond donors (Lipinski definition) is 1. The van der Waals surface area contributed by atoms with Crippen molar-refractivity contribution in [2.45, 2.75) is 69.6 Å². The van der Waals surface area contributed by atoms with E-state index in [1.807, 2.05) is 30.8 Å². The smallest absolute Gasteiger partial charge is 0.239 e.